The van der Waals surface area contributed by atoms with Crippen molar-refractivity contribution in [3.63, 3.8) is 0 Å². The second-order valence-electron chi connectivity index (χ2n) is 3.02. The second kappa shape index (κ2) is 2.89. The summed E-state index contributed by atoms with van der Waals surface area (Å²) >= 11 is 5.86. The van der Waals surface area contributed by atoms with Gasteiger partial charge < -0.3 is 5.73 Å². The molecule has 0 spiro atoms. The van der Waals surface area contributed by atoms with E-state index in [-0.39, 0.29) is 0 Å². The topological polar surface area (TPSA) is 38.9 Å². The Labute approximate surface area is 81.3 Å². The third kappa shape index (κ3) is 1.33. The Hall–Kier alpha value is -1.28. The standard InChI is InChI=1S/C10H9ClN2/c1-6-5-13-10(12)9-4-7(11)2-3-8(6)9/h2-5H,1H3,(H2,12,13). The van der Waals surface area contributed by atoms with Crippen molar-refractivity contribution in [3.8, 4) is 0 Å². The molecular weight excluding hydrogens is 184 g/mol. The maximum atomic E-state index is 5.86. The molecule has 2 nitrogen and oxygen atoms in total. The average molecular weight is 193 g/mol. The lowest BCUT2D eigenvalue weighted by Gasteiger charge is -2.04. The highest BCUT2D eigenvalue weighted by atomic mass is 35.5. The first kappa shape index (κ1) is 8.32. The summed E-state index contributed by atoms with van der Waals surface area (Å²) < 4.78 is 0. The number of fused-ring (bicyclic) bond motifs is 1. The van der Waals surface area contributed by atoms with Gasteiger partial charge in [-0.2, -0.15) is 0 Å². The van der Waals surface area contributed by atoms with Crippen molar-refractivity contribution in [1.29, 1.82) is 0 Å². The van der Waals surface area contributed by atoms with Gasteiger partial charge in [0.1, 0.15) is 5.82 Å². The van der Waals surface area contributed by atoms with Gasteiger partial charge in [0.2, 0.25) is 0 Å². The van der Waals surface area contributed by atoms with Gasteiger partial charge in [0.15, 0.2) is 0 Å². The number of benzene rings is 1. The largest absolute Gasteiger partial charge is 0.383 e. The number of hydrogen-bond acceptors (Lipinski definition) is 2. The van der Waals surface area contributed by atoms with Gasteiger partial charge >= 0.3 is 0 Å². The monoisotopic (exact) mass is 192 g/mol. The number of halogens is 1. The molecule has 0 saturated heterocycles. The molecule has 2 N–H and O–H groups in total. The fourth-order valence-electron chi connectivity index (χ4n) is 1.38. The van der Waals surface area contributed by atoms with Crippen LogP contribution in [0.5, 0.6) is 0 Å². The SMILES string of the molecule is Cc1cnc(N)c2cc(Cl)ccc12. The molecule has 0 unspecified atom stereocenters. The van der Waals surface area contributed by atoms with Crippen LogP contribution in [0.4, 0.5) is 5.82 Å². The van der Waals surface area contributed by atoms with Crippen LogP contribution in [0.15, 0.2) is 24.4 Å². The molecule has 1 heterocycles. The third-order valence-corrected chi connectivity index (χ3v) is 2.31. The molecule has 0 atom stereocenters. The van der Waals surface area contributed by atoms with E-state index in [4.69, 9.17) is 17.3 Å². The van der Waals surface area contributed by atoms with Gasteiger partial charge in [-0.05, 0) is 30.0 Å². The highest BCUT2D eigenvalue weighted by Crippen LogP contribution is 2.25. The summed E-state index contributed by atoms with van der Waals surface area (Å²) in [6, 6.07) is 5.66. The third-order valence-electron chi connectivity index (χ3n) is 2.08. The van der Waals surface area contributed by atoms with Crippen LogP contribution in [0.1, 0.15) is 5.56 Å². The molecule has 0 saturated carbocycles. The van der Waals surface area contributed by atoms with Crippen molar-refractivity contribution in [2.75, 3.05) is 5.73 Å². The normalized spacial score (nSPS) is 10.6. The number of hydrogen-bond donors (Lipinski definition) is 1. The van der Waals surface area contributed by atoms with E-state index in [1.54, 1.807) is 6.20 Å². The number of aromatic nitrogens is 1. The minimum absolute atomic E-state index is 0.531. The van der Waals surface area contributed by atoms with E-state index in [0.717, 1.165) is 16.3 Å². The van der Waals surface area contributed by atoms with Crippen LogP contribution in [0.2, 0.25) is 5.02 Å². The number of aryl methyl sites for hydroxylation is 1. The predicted molar refractivity (Wildman–Crippen MR) is 55.9 cm³/mol. The minimum Gasteiger partial charge on any atom is -0.383 e. The van der Waals surface area contributed by atoms with Crippen molar-refractivity contribution in [2.45, 2.75) is 6.92 Å². The van der Waals surface area contributed by atoms with Gasteiger partial charge in [-0.1, -0.05) is 17.7 Å². The zero-order valence-corrected chi connectivity index (χ0v) is 7.97. The molecule has 0 bridgehead atoms. The van der Waals surface area contributed by atoms with Crippen LogP contribution >= 0.6 is 11.6 Å². The van der Waals surface area contributed by atoms with Crippen LogP contribution in [0.25, 0.3) is 10.8 Å². The molecule has 2 aromatic rings. The predicted octanol–water partition coefficient (Wildman–Crippen LogP) is 2.78. The molecule has 0 radical (unpaired) electrons. The number of pyridine rings is 1. The lowest BCUT2D eigenvalue weighted by Crippen LogP contribution is -1.92. The van der Waals surface area contributed by atoms with Gasteiger partial charge in [0, 0.05) is 16.6 Å². The fraction of sp³-hybridized carbons (Fsp3) is 0.100. The molecule has 1 aromatic carbocycles. The zero-order chi connectivity index (χ0) is 9.42. The molecule has 0 aliphatic carbocycles. The van der Waals surface area contributed by atoms with Gasteiger partial charge in [0.25, 0.3) is 0 Å². The summed E-state index contributed by atoms with van der Waals surface area (Å²) in [6.45, 7) is 2.00. The molecule has 0 aliphatic rings. The first-order chi connectivity index (χ1) is 6.18. The van der Waals surface area contributed by atoms with Gasteiger partial charge in [-0.3, -0.25) is 0 Å². The molecule has 13 heavy (non-hydrogen) atoms. The fourth-order valence-corrected chi connectivity index (χ4v) is 1.55. The molecule has 1 aromatic heterocycles. The Morgan fingerprint density at radius 2 is 2.08 bits per heavy atom. The van der Waals surface area contributed by atoms with E-state index in [1.165, 1.54) is 0 Å². The molecule has 3 heteroatoms. The highest BCUT2D eigenvalue weighted by molar-refractivity contribution is 6.31. The summed E-state index contributed by atoms with van der Waals surface area (Å²) in [5, 5.41) is 2.72. The van der Waals surface area contributed by atoms with E-state index < -0.39 is 0 Å². The Morgan fingerprint density at radius 3 is 2.85 bits per heavy atom. The van der Waals surface area contributed by atoms with Crippen LogP contribution in [0, 0.1) is 6.92 Å². The average Bonchev–Trinajstić information content (AvgIpc) is 2.12. The number of rotatable bonds is 0. The highest BCUT2D eigenvalue weighted by Gasteiger charge is 2.02. The van der Waals surface area contributed by atoms with E-state index in [9.17, 15) is 0 Å². The number of nitrogens with two attached hydrogens (primary N) is 1. The van der Waals surface area contributed by atoms with Crippen molar-refractivity contribution in [2.24, 2.45) is 0 Å². The summed E-state index contributed by atoms with van der Waals surface area (Å²) in [7, 11) is 0. The van der Waals surface area contributed by atoms with Crippen molar-refractivity contribution in [1.82, 2.24) is 4.98 Å². The number of anilines is 1. The smallest absolute Gasteiger partial charge is 0.131 e. The van der Waals surface area contributed by atoms with Crippen molar-refractivity contribution < 1.29 is 0 Å². The van der Waals surface area contributed by atoms with Gasteiger partial charge in [-0.25, -0.2) is 4.98 Å². The Bertz CT molecular complexity index is 466. The maximum absolute atomic E-state index is 5.86. The second-order valence-corrected chi connectivity index (χ2v) is 3.45. The Morgan fingerprint density at radius 1 is 1.31 bits per heavy atom. The van der Waals surface area contributed by atoms with Crippen LogP contribution in [-0.4, -0.2) is 4.98 Å². The summed E-state index contributed by atoms with van der Waals surface area (Å²) in [5.41, 5.74) is 6.84. The Kier molecular flexibility index (Phi) is 1.85. The van der Waals surface area contributed by atoms with Crippen LogP contribution in [0.3, 0.4) is 0 Å². The zero-order valence-electron chi connectivity index (χ0n) is 7.21. The first-order valence-electron chi connectivity index (χ1n) is 3.99. The molecular formula is C10H9ClN2. The summed E-state index contributed by atoms with van der Waals surface area (Å²) in [6.07, 6.45) is 1.77. The lowest BCUT2D eigenvalue weighted by atomic mass is 10.1. The van der Waals surface area contributed by atoms with E-state index in [2.05, 4.69) is 4.98 Å². The number of nitrogen functional groups attached to an aromatic ring is 1. The number of nitrogens with zero attached hydrogens (tertiary/aromatic N) is 1. The van der Waals surface area contributed by atoms with Gasteiger partial charge in [-0.15, -0.1) is 0 Å². The summed E-state index contributed by atoms with van der Waals surface area (Å²) in [5.74, 6) is 0.531. The maximum Gasteiger partial charge on any atom is 0.131 e. The van der Waals surface area contributed by atoms with Crippen LogP contribution in [-0.2, 0) is 0 Å². The molecule has 0 amide bonds. The van der Waals surface area contributed by atoms with E-state index in [1.807, 2.05) is 25.1 Å². The van der Waals surface area contributed by atoms with E-state index in [0.29, 0.717) is 10.8 Å². The Balaban J connectivity index is 2.92. The van der Waals surface area contributed by atoms with E-state index >= 15 is 0 Å². The first-order valence-corrected chi connectivity index (χ1v) is 4.36. The lowest BCUT2D eigenvalue weighted by molar-refractivity contribution is 1.31. The van der Waals surface area contributed by atoms with Crippen LogP contribution < -0.4 is 5.73 Å². The summed E-state index contributed by atoms with van der Waals surface area (Å²) in [4.78, 5) is 4.07. The molecule has 0 aliphatic heterocycles. The van der Waals surface area contributed by atoms with Crippen molar-refractivity contribution in [3.05, 3.63) is 35.0 Å². The quantitative estimate of drug-likeness (QED) is 0.697. The minimum atomic E-state index is 0.531. The molecule has 66 valence electrons. The van der Waals surface area contributed by atoms with Crippen molar-refractivity contribution >= 4 is 28.2 Å². The van der Waals surface area contributed by atoms with Gasteiger partial charge in [0.05, 0.1) is 0 Å². The molecule has 2 rings (SSSR count). The molecule has 0 fully saturated rings.